The summed E-state index contributed by atoms with van der Waals surface area (Å²) in [4.78, 5) is 11.1. The molecule has 118 valence electrons. The van der Waals surface area contributed by atoms with Crippen LogP contribution in [0.2, 0.25) is 0 Å². The first-order valence-corrected chi connectivity index (χ1v) is 8.80. The highest BCUT2D eigenvalue weighted by molar-refractivity contribution is 9.10. The van der Waals surface area contributed by atoms with Crippen LogP contribution in [-0.2, 0) is 14.8 Å². The van der Waals surface area contributed by atoms with Crippen LogP contribution in [-0.4, -0.2) is 21.0 Å². The maximum absolute atomic E-state index is 13.5. The summed E-state index contributed by atoms with van der Waals surface area (Å²) in [7, 11) is -4.24. The quantitative estimate of drug-likeness (QED) is 0.580. The molecule has 0 fully saturated rings. The number of hydrogen-bond donors (Lipinski definition) is 1. The van der Waals surface area contributed by atoms with E-state index in [1.165, 1.54) is 0 Å². The highest BCUT2D eigenvalue weighted by atomic mass is 79.9. The molecular formula is C13H17BrFNO4S. The van der Waals surface area contributed by atoms with Gasteiger partial charge in [0.15, 0.2) is 0 Å². The van der Waals surface area contributed by atoms with Gasteiger partial charge in [0.2, 0.25) is 10.0 Å². The maximum Gasteiger partial charge on any atom is 0.339 e. The zero-order valence-electron chi connectivity index (χ0n) is 11.6. The Morgan fingerprint density at radius 2 is 2.00 bits per heavy atom. The van der Waals surface area contributed by atoms with Crippen molar-refractivity contribution < 1.29 is 22.3 Å². The fourth-order valence-corrected chi connectivity index (χ4v) is 2.77. The minimum absolute atomic E-state index is 0.0732. The fraction of sp³-hybridized carbons (Fsp3) is 0.462. The van der Waals surface area contributed by atoms with Gasteiger partial charge in [-0.15, -0.1) is 0 Å². The van der Waals surface area contributed by atoms with Crippen molar-refractivity contribution in [3.8, 4) is 0 Å². The van der Waals surface area contributed by atoms with Gasteiger partial charge in [-0.25, -0.2) is 22.7 Å². The van der Waals surface area contributed by atoms with Crippen molar-refractivity contribution in [2.75, 3.05) is 6.61 Å². The van der Waals surface area contributed by atoms with Crippen LogP contribution >= 0.6 is 15.9 Å². The standard InChI is InChI=1S/C13H17BrFNO4S/c1-2-3-4-5-6-20-13(17)9-7-12(21(16,18)19)11(15)8-10(9)14/h7-8H,2-6H2,1H3,(H2,16,18,19). The highest BCUT2D eigenvalue weighted by Crippen LogP contribution is 2.24. The van der Waals surface area contributed by atoms with E-state index in [1.807, 2.05) is 0 Å². The number of unbranched alkanes of at least 4 members (excludes halogenated alkanes) is 3. The molecule has 1 aromatic carbocycles. The lowest BCUT2D eigenvalue weighted by Crippen LogP contribution is -2.16. The summed E-state index contributed by atoms with van der Waals surface area (Å²) in [5.74, 6) is -1.74. The second-order valence-electron chi connectivity index (χ2n) is 4.50. The molecule has 0 aliphatic carbocycles. The number of hydrogen-bond acceptors (Lipinski definition) is 4. The highest BCUT2D eigenvalue weighted by Gasteiger charge is 2.21. The number of primary sulfonamides is 1. The Kier molecular flexibility index (Phi) is 6.76. The molecule has 0 unspecified atom stereocenters. The Hall–Kier alpha value is -0.990. The van der Waals surface area contributed by atoms with E-state index in [4.69, 9.17) is 9.88 Å². The van der Waals surface area contributed by atoms with Crippen molar-refractivity contribution in [1.29, 1.82) is 0 Å². The molecule has 8 heteroatoms. The predicted octanol–water partition coefficient (Wildman–Crippen LogP) is 2.97. The fourth-order valence-electron chi connectivity index (χ4n) is 1.68. The van der Waals surface area contributed by atoms with Crippen LogP contribution in [0, 0.1) is 5.82 Å². The summed E-state index contributed by atoms with van der Waals surface area (Å²) >= 11 is 3.01. The molecule has 0 atom stereocenters. The van der Waals surface area contributed by atoms with Crippen LogP contribution in [0.5, 0.6) is 0 Å². The van der Waals surface area contributed by atoms with Gasteiger partial charge in [0, 0.05) is 4.47 Å². The lowest BCUT2D eigenvalue weighted by molar-refractivity contribution is 0.0496. The molecule has 0 amide bonds. The number of carbonyl (C=O) groups excluding carboxylic acids is 1. The predicted molar refractivity (Wildman–Crippen MR) is 79.9 cm³/mol. The SMILES string of the molecule is CCCCCCOC(=O)c1cc(S(N)(=O)=O)c(F)cc1Br. The Labute approximate surface area is 131 Å². The van der Waals surface area contributed by atoms with Gasteiger partial charge in [0.05, 0.1) is 12.2 Å². The van der Waals surface area contributed by atoms with E-state index in [2.05, 4.69) is 22.9 Å². The van der Waals surface area contributed by atoms with Crippen LogP contribution in [0.1, 0.15) is 43.0 Å². The number of nitrogens with two attached hydrogens (primary N) is 1. The third kappa shape index (κ3) is 5.37. The van der Waals surface area contributed by atoms with Crippen molar-refractivity contribution in [1.82, 2.24) is 0 Å². The average molecular weight is 382 g/mol. The van der Waals surface area contributed by atoms with Crippen LogP contribution < -0.4 is 5.14 Å². The molecule has 0 saturated heterocycles. The average Bonchev–Trinajstić information content (AvgIpc) is 2.36. The molecule has 0 spiro atoms. The van der Waals surface area contributed by atoms with Crippen LogP contribution in [0.15, 0.2) is 21.5 Å². The van der Waals surface area contributed by atoms with Gasteiger partial charge < -0.3 is 4.74 Å². The number of benzene rings is 1. The van der Waals surface area contributed by atoms with Crippen LogP contribution in [0.3, 0.4) is 0 Å². The van der Waals surface area contributed by atoms with Crippen molar-refractivity contribution >= 4 is 31.9 Å². The number of halogens is 2. The molecule has 0 aromatic heterocycles. The number of esters is 1. The molecule has 0 radical (unpaired) electrons. The summed E-state index contributed by atoms with van der Waals surface area (Å²) in [5, 5.41) is 4.90. The summed E-state index contributed by atoms with van der Waals surface area (Å²) in [6.45, 7) is 2.30. The third-order valence-corrected chi connectivity index (χ3v) is 4.36. The molecule has 2 N–H and O–H groups in total. The molecule has 0 heterocycles. The molecule has 1 aromatic rings. The first-order chi connectivity index (χ1) is 9.77. The van der Waals surface area contributed by atoms with E-state index in [0.29, 0.717) is 0 Å². The number of ether oxygens (including phenoxy) is 1. The number of rotatable bonds is 7. The summed E-state index contributed by atoms with van der Waals surface area (Å²) < 4.78 is 41.2. The lowest BCUT2D eigenvalue weighted by Gasteiger charge is -2.08. The molecule has 0 aliphatic heterocycles. The second-order valence-corrected chi connectivity index (χ2v) is 6.89. The van der Waals surface area contributed by atoms with E-state index >= 15 is 0 Å². The van der Waals surface area contributed by atoms with Crippen molar-refractivity contribution in [2.45, 2.75) is 37.5 Å². The summed E-state index contributed by atoms with van der Waals surface area (Å²) in [6, 6.07) is 1.76. The first-order valence-electron chi connectivity index (χ1n) is 6.46. The second kappa shape index (κ2) is 7.86. The molecular weight excluding hydrogens is 365 g/mol. The van der Waals surface area contributed by atoms with Crippen LogP contribution in [0.25, 0.3) is 0 Å². The molecule has 0 aliphatic rings. The van der Waals surface area contributed by atoms with Crippen molar-refractivity contribution in [2.24, 2.45) is 5.14 Å². The largest absolute Gasteiger partial charge is 0.462 e. The van der Waals surface area contributed by atoms with Crippen molar-refractivity contribution in [3.63, 3.8) is 0 Å². The van der Waals surface area contributed by atoms with Crippen LogP contribution in [0.4, 0.5) is 4.39 Å². The Morgan fingerprint density at radius 1 is 1.33 bits per heavy atom. The Balaban J connectivity index is 2.85. The molecule has 0 saturated carbocycles. The topological polar surface area (TPSA) is 86.5 Å². The van der Waals surface area contributed by atoms with Gasteiger partial charge in [-0.3, -0.25) is 0 Å². The maximum atomic E-state index is 13.5. The first kappa shape index (κ1) is 18.1. The number of carbonyl (C=O) groups is 1. The van der Waals surface area contributed by atoms with E-state index in [-0.39, 0.29) is 16.6 Å². The smallest absolute Gasteiger partial charge is 0.339 e. The molecule has 1 rings (SSSR count). The Bertz CT molecular complexity index is 619. The van der Waals surface area contributed by atoms with Gasteiger partial charge >= 0.3 is 5.97 Å². The lowest BCUT2D eigenvalue weighted by atomic mass is 10.2. The van der Waals surface area contributed by atoms with E-state index in [9.17, 15) is 17.6 Å². The molecule has 5 nitrogen and oxygen atoms in total. The normalized spacial score (nSPS) is 11.4. The van der Waals surface area contributed by atoms with Gasteiger partial charge in [0.25, 0.3) is 0 Å². The number of sulfonamides is 1. The van der Waals surface area contributed by atoms with E-state index in [0.717, 1.165) is 37.8 Å². The van der Waals surface area contributed by atoms with E-state index < -0.39 is 26.7 Å². The summed E-state index contributed by atoms with van der Waals surface area (Å²) in [5.41, 5.74) is -0.0732. The molecule has 21 heavy (non-hydrogen) atoms. The zero-order valence-corrected chi connectivity index (χ0v) is 14.0. The van der Waals surface area contributed by atoms with Crippen molar-refractivity contribution in [3.05, 3.63) is 28.0 Å². The van der Waals surface area contributed by atoms with Gasteiger partial charge in [-0.1, -0.05) is 26.2 Å². The van der Waals surface area contributed by atoms with Gasteiger partial charge in [-0.2, -0.15) is 0 Å². The zero-order chi connectivity index (χ0) is 16.0. The van der Waals surface area contributed by atoms with Gasteiger partial charge in [0.1, 0.15) is 10.7 Å². The minimum atomic E-state index is -4.24. The third-order valence-electron chi connectivity index (χ3n) is 2.78. The Morgan fingerprint density at radius 3 is 2.57 bits per heavy atom. The minimum Gasteiger partial charge on any atom is -0.462 e. The molecule has 0 bridgehead atoms. The monoisotopic (exact) mass is 381 g/mol. The summed E-state index contributed by atoms with van der Waals surface area (Å²) in [6.07, 6.45) is 3.78. The van der Waals surface area contributed by atoms with Gasteiger partial charge in [-0.05, 0) is 34.5 Å². The van der Waals surface area contributed by atoms with E-state index in [1.54, 1.807) is 0 Å².